The van der Waals surface area contributed by atoms with Crippen LogP contribution in [0.15, 0.2) is 15.4 Å². The number of hydrogen-bond donors (Lipinski definition) is 1. The second-order valence-corrected chi connectivity index (χ2v) is 8.71. The first-order valence-corrected chi connectivity index (χ1v) is 9.80. The van der Waals surface area contributed by atoms with E-state index in [0.29, 0.717) is 10.8 Å². The Morgan fingerprint density at radius 1 is 1.14 bits per heavy atom. The van der Waals surface area contributed by atoms with Crippen molar-refractivity contribution in [2.75, 3.05) is 0 Å². The maximum atomic E-state index is 12.8. The van der Waals surface area contributed by atoms with Gasteiger partial charge in [0.15, 0.2) is 0 Å². The molecular formula is C16H24BrNO2S. The smallest absolute Gasteiger partial charge is 0.208 e. The SMILES string of the molecule is Cc1cc(C)c(S(=O)(=O)NC2CCCCC2C)c(C)c1Br. The van der Waals surface area contributed by atoms with E-state index in [-0.39, 0.29) is 6.04 Å². The fourth-order valence-electron chi connectivity index (χ4n) is 3.31. The molecule has 5 heteroatoms. The first-order chi connectivity index (χ1) is 9.74. The van der Waals surface area contributed by atoms with Gasteiger partial charge in [0.2, 0.25) is 10.0 Å². The van der Waals surface area contributed by atoms with Gasteiger partial charge in [-0.05, 0) is 56.2 Å². The van der Waals surface area contributed by atoms with Crippen molar-refractivity contribution in [2.24, 2.45) is 5.92 Å². The zero-order valence-corrected chi connectivity index (χ0v) is 15.6. The van der Waals surface area contributed by atoms with E-state index in [2.05, 4.69) is 27.6 Å². The highest BCUT2D eigenvalue weighted by Crippen LogP contribution is 2.31. The van der Waals surface area contributed by atoms with Gasteiger partial charge < -0.3 is 0 Å². The molecule has 3 nitrogen and oxygen atoms in total. The molecule has 21 heavy (non-hydrogen) atoms. The summed E-state index contributed by atoms with van der Waals surface area (Å²) in [5.74, 6) is 0.406. The lowest BCUT2D eigenvalue weighted by Gasteiger charge is -2.29. The Kier molecular flexibility index (Phi) is 5.16. The van der Waals surface area contributed by atoms with E-state index in [4.69, 9.17) is 0 Å². The monoisotopic (exact) mass is 373 g/mol. The molecule has 0 saturated heterocycles. The molecule has 0 bridgehead atoms. The molecule has 1 aromatic carbocycles. The van der Waals surface area contributed by atoms with Crippen molar-refractivity contribution in [2.45, 2.75) is 64.3 Å². The Hall–Kier alpha value is -0.390. The summed E-state index contributed by atoms with van der Waals surface area (Å²) in [7, 11) is -3.47. The Balaban J connectivity index is 2.38. The molecule has 0 spiro atoms. The van der Waals surface area contributed by atoms with Gasteiger partial charge in [0.25, 0.3) is 0 Å². The van der Waals surface area contributed by atoms with Crippen molar-refractivity contribution in [1.29, 1.82) is 0 Å². The van der Waals surface area contributed by atoms with E-state index in [0.717, 1.165) is 40.4 Å². The summed E-state index contributed by atoms with van der Waals surface area (Å²) >= 11 is 3.50. The lowest BCUT2D eigenvalue weighted by Crippen LogP contribution is -2.41. The number of benzene rings is 1. The van der Waals surface area contributed by atoms with Gasteiger partial charge in [0.05, 0.1) is 4.90 Å². The molecule has 0 aromatic heterocycles. The number of hydrogen-bond acceptors (Lipinski definition) is 2. The van der Waals surface area contributed by atoms with Gasteiger partial charge in [-0.2, -0.15) is 0 Å². The first-order valence-electron chi connectivity index (χ1n) is 7.52. The highest BCUT2D eigenvalue weighted by atomic mass is 79.9. The third-order valence-corrected chi connectivity index (χ3v) is 7.49. The summed E-state index contributed by atoms with van der Waals surface area (Å²) in [6.45, 7) is 7.85. The summed E-state index contributed by atoms with van der Waals surface area (Å²) in [6, 6.07) is 1.98. The average Bonchev–Trinajstić information content (AvgIpc) is 2.38. The molecule has 0 heterocycles. The van der Waals surface area contributed by atoms with Crippen LogP contribution >= 0.6 is 15.9 Å². The van der Waals surface area contributed by atoms with E-state index in [1.165, 1.54) is 6.42 Å². The van der Waals surface area contributed by atoms with E-state index >= 15 is 0 Å². The van der Waals surface area contributed by atoms with E-state index in [1.807, 2.05) is 26.8 Å². The normalized spacial score (nSPS) is 23.3. The third-order valence-electron chi connectivity index (χ3n) is 4.49. The van der Waals surface area contributed by atoms with E-state index < -0.39 is 10.0 Å². The van der Waals surface area contributed by atoms with Crippen molar-refractivity contribution in [3.05, 3.63) is 27.2 Å². The topological polar surface area (TPSA) is 46.2 Å². The zero-order valence-electron chi connectivity index (χ0n) is 13.2. The second-order valence-electron chi connectivity index (χ2n) is 6.27. The maximum absolute atomic E-state index is 12.8. The summed E-state index contributed by atoms with van der Waals surface area (Å²) in [6.07, 6.45) is 4.34. The third kappa shape index (κ3) is 3.51. The van der Waals surface area contributed by atoms with Gasteiger partial charge in [-0.1, -0.05) is 41.8 Å². The van der Waals surface area contributed by atoms with Crippen LogP contribution in [-0.4, -0.2) is 14.5 Å². The molecule has 0 radical (unpaired) electrons. The lowest BCUT2D eigenvalue weighted by molar-refractivity contribution is 0.310. The molecule has 0 aliphatic heterocycles. The van der Waals surface area contributed by atoms with E-state index in [9.17, 15) is 8.42 Å². The molecule has 2 atom stereocenters. The van der Waals surface area contributed by atoms with Crippen molar-refractivity contribution in [1.82, 2.24) is 4.72 Å². The van der Waals surface area contributed by atoms with Crippen LogP contribution < -0.4 is 4.72 Å². The van der Waals surface area contributed by atoms with Crippen LogP contribution in [0.4, 0.5) is 0 Å². The molecule has 0 amide bonds. The van der Waals surface area contributed by atoms with Gasteiger partial charge in [-0.25, -0.2) is 13.1 Å². The quantitative estimate of drug-likeness (QED) is 0.861. The predicted octanol–water partition coefficient (Wildman–Crippen LogP) is 4.23. The Labute approximate surface area is 136 Å². The van der Waals surface area contributed by atoms with Crippen LogP contribution in [0, 0.1) is 26.7 Å². The van der Waals surface area contributed by atoms with Crippen molar-refractivity contribution in [3.8, 4) is 0 Å². The van der Waals surface area contributed by atoms with Crippen LogP contribution in [0.5, 0.6) is 0 Å². The van der Waals surface area contributed by atoms with Gasteiger partial charge in [-0.3, -0.25) is 0 Å². The van der Waals surface area contributed by atoms with Crippen molar-refractivity contribution >= 4 is 26.0 Å². The van der Waals surface area contributed by atoms with Crippen LogP contribution in [-0.2, 0) is 10.0 Å². The largest absolute Gasteiger partial charge is 0.241 e. The minimum Gasteiger partial charge on any atom is -0.208 e. The van der Waals surface area contributed by atoms with Crippen LogP contribution in [0.1, 0.15) is 49.3 Å². The number of aryl methyl sites for hydroxylation is 2. The fourth-order valence-corrected chi connectivity index (χ4v) is 5.61. The molecule has 1 fully saturated rings. The average molecular weight is 374 g/mol. The van der Waals surface area contributed by atoms with Crippen LogP contribution in [0.25, 0.3) is 0 Å². The van der Waals surface area contributed by atoms with Crippen molar-refractivity contribution < 1.29 is 8.42 Å². The van der Waals surface area contributed by atoms with Gasteiger partial charge in [0.1, 0.15) is 0 Å². The van der Waals surface area contributed by atoms with Gasteiger partial charge in [-0.15, -0.1) is 0 Å². The molecule has 1 N–H and O–H groups in total. The molecule has 1 saturated carbocycles. The standard InChI is InChI=1S/C16H24BrNO2S/c1-10-7-5-6-8-14(10)18-21(19,20)16-12(3)9-11(2)15(17)13(16)4/h9-10,14,18H,5-8H2,1-4H3. The molecule has 118 valence electrons. The minimum atomic E-state index is -3.47. The number of nitrogens with one attached hydrogen (secondary N) is 1. The summed E-state index contributed by atoms with van der Waals surface area (Å²) in [5, 5.41) is 0. The summed E-state index contributed by atoms with van der Waals surface area (Å²) in [5.41, 5.74) is 2.67. The number of rotatable bonds is 3. The molecule has 1 aliphatic rings. The highest BCUT2D eigenvalue weighted by molar-refractivity contribution is 9.10. The van der Waals surface area contributed by atoms with Crippen molar-refractivity contribution in [3.63, 3.8) is 0 Å². The lowest BCUT2D eigenvalue weighted by atomic mass is 9.87. The van der Waals surface area contributed by atoms with Gasteiger partial charge in [0, 0.05) is 10.5 Å². The number of halogens is 1. The fraction of sp³-hybridized carbons (Fsp3) is 0.625. The summed E-state index contributed by atoms with van der Waals surface area (Å²) < 4.78 is 29.5. The molecule has 1 aliphatic carbocycles. The summed E-state index contributed by atoms with van der Waals surface area (Å²) in [4.78, 5) is 0.428. The van der Waals surface area contributed by atoms with E-state index in [1.54, 1.807) is 0 Å². The zero-order chi connectivity index (χ0) is 15.8. The first kappa shape index (κ1) is 17.0. The molecule has 2 unspecified atom stereocenters. The molecule has 1 aromatic rings. The predicted molar refractivity (Wildman–Crippen MR) is 90.1 cm³/mol. The van der Waals surface area contributed by atoms with Crippen LogP contribution in [0.2, 0.25) is 0 Å². The minimum absolute atomic E-state index is 0.0580. The Morgan fingerprint density at radius 3 is 2.38 bits per heavy atom. The highest BCUT2D eigenvalue weighted by Gasteiger charge is 2.29. The molecule has 2 rings (SSSR count). The second kappa shape index (κ2) is 6.39. The Bertz CT molecular complexity index is 640. The van der Waals surface area contributed by atoms with Crippen LogP contribution in [0.3, 0.4) is 0 Å². The van der Waals surface area contributed by atoms with Gasteiger partial charge >= 0.3 is 0 Å². The molecular weight excluding hydrogens is 350 g/mol. The maximum Gasteiger partial charge on any atom is 0.241 e. The Morgan fingerprint density at radius 2 is 1.76 bits per heavy atom. The number of sulfonamides is 1.